The zero-order valence-corrected chi connectivity index (χ0v) is 23.5. The fourth-order valence-corrected chi connectivity index (χ4v) is 4.79. The Morgan fingerprint density at radius 3 is 2.47 bits per heavy atom. The molecule has 2 aliphatic heterocycles. The zero-order chi connectivity index (χ0) is 27.5. The fraction of sp³-hybridized carbons (Fsp3) is 0.455. The van der Waals surface area contributed by atoms with E-state index < -0.39 is 5.97 Å². The Morgan fingerprint density at radius 1 is 1.05 bits per heavy atom. The Kier molecular flexibility index (Phi) is 11.2. The Balaban J connectivity index is 1.29. The number of aliphatic hydroxyl groups excluding tert-OH is 1. The summed E-state index contributed by atoms with van der Waals surface area (Å²) < 4.78 is 5.11. The molecule has 38 heavy (non-hydrogen) atoms. The van der Waals surface area contributed by atoms with Crippen molar-refractivity contribution in [2.75, 3.05) is 13.1 Å². The van der Waals surface area contributed by atoms with Crippen molar-refractivity contribution in [3.63, 3.8) is 0 Å². The van der Waals surface area contributed by atoms with Crippen LogP contribution in [0.3, 0.4) is 0 Å². The number of cyclic esters (lactones) is 1. The Morgan fingerprint density at radius 2 is 1.76 bits per heavy atom. The van der Waals surface area contributed by atoms with Crippen molar-refractivity contribution in [3.8, 4) is 0 Å². The summed E-state index contributed by atoms with van der Waals surface area (Å²) in [5, 5.41) is 9.95. The van der Waals surface area contributed by atoms with Gasteiger partial charge in [0.2, 0.25) is 5.91 Å². The molecule has 0 aromatic heterocycles. The van der Waals surface area contributed by atoms with Crippen LogP contribution < -0.4 is 0 Å². The number of carbonyl (C=O) groups excluding carboxylic acids is 2. The van der Waals surface area contributed by atoms with Gasteiger partial charge in [0.25, 0.3) is 0 Å². The minimum atomic E-state index is -0.464. The smallest absolute Gasteiger partial charge is 0.343 e. The van der Waals surface area contributed by atoms with Gasteiger partial charge in [-0.1, -0.05) is 66.6 Å². The third-order valence-electron chi connectivity index (χ3n) is 7.34. The van der Waals surface area contributed by atoms with Crippen LogP contribution in [-0.2, 0) is 20.7 Å². The fourth-order valence-electron chi connectivity index (χ4n) is 4.79. The molecule has 204 valence electrons. The van der Waals surface area contributed by atoms with Crippen LogP contribution in [0.15, 0.2) is 88.4 Å². The molecule has 0 radical (unpaired) electrons. The largest absolute Gasteiger partial charge is 0.504 e. The van der Waals surface area contributed by atoms with E-state index in [4.69, 9.17) is 4.74 Å². The van der Waals surface area contributed by atoms with Crippen LogP contribution in [0.4, 0.5) is 0 Å². The summed E-state index contributed by atoms with van der Waals surface area (Å²) in [5.41, 5.74) is 5.26. The average Bonchev–Trinajstić information content (AvgIpc) is 3.36. The quantitative estimate of drug-likeness (QED) is 0.205. The molecule has 0 fully saturated rings. The van der Waals surface area contributed by atoms with E-state index in [1.54, 1.807) is 6.92 Å². The molecule has 5 heteroatoms. The molecule has 0 aliphatic carbocycles. The molecule has 2 heterocycles. The number of carbonyl (C=O) groups is 2. The van der Waals surface area contributed by atoms with E-state index >= 15 is 0 Å². The van der Waals surface area contributed by atoms with Gasteiger partial charge in [0, 0.05) is 18.7 Å². The maximum atomic E-state index is 12.7. The molecule has 1 aromatic rings. The minimum absolute atomic E-state index is 0.0336. The Labute approximate surface area is 228 Å². The van der Waals surface area contributed by atoms with E-state index in [9.17, 15) is 14.7 Å². The van der Waals surface area contributed by atoms with Gasteiger partial charge < -0.3 is 14.7 Å². The van der Waals surface area contributed by atoms with Gasteiger partial charge in [-0.2, -0.15) is 0 Å². The number of amides is 1. The normalized spacial score (nSPS) is 18.5. The van der Waals surface area contributed by atoms with Crippen LogP contribution in [0.5, 0.6) is 0 Å². The maximum absolute atomic E-state index is 12.7. The highest BCUT2D eigenvalue weighted by molar-refractivity contribution is 5.95. The molecular formula is C33H43NO4. The highest BCUT2D eigenvalue weighted by Crippen LogP contribution is 2.26. The summed E-state index contributed by atoms with van der Waals surface area (Å²) in [6.07, 6.45) is 16.3. The molecule has 2 aliphatic rings. The van der Waals surface area contributed by atoms with Crippen molar-refractivity contribution in [2.24, 2.45) is 5.92 Å². The minimum Gasteiger partial charge on any atom is -0.504 e. The van der Waals surface area contributed by atoms with Crippen molar-refractivity contribution < 1.29 is 19.4 Å². The van der Waals surface area contributed by atoms with E-state index in [0.717, 1.165) is 70.0 Å². The number of hydrogen-bond acceptors (Lipinski definition) is 4. The van der Waals surface area contributed by atoms with Gasteiger partial charge in [-0.25, -0.2) is 4.79 Å². The molecule has 3 rings (SSSR count). The van der Waals surface area contributed by atoms with E-state index in [1.165, 1.54) is 16.7 Å². The van der Waals surface area contributed by atoms with Crippen molar-refractivity contribution in [3.05, 3.63) is 94.0 Å². The second-order valence-corrected chi connectivity index (χ2v) is 10.7. The lowest BCUT2D eigenvalue weighted by atomic mass is 9.99. The number of nitrogens with zero attached hydrogens (tertiary/aromatic N) is 1. The molecular weight excluding hydrogens is 474 g/mol. The number of rotatable bonds is 14. The van der Waals surface area contributed by atoms with Gasteiger partial charge in [0.15, 0.2) is 11.5 Å². The van der Waals surface area contributed by atoms with Gasteiger partial charge in [-0.05, 0) is 89.7 Å². The van der Waals surface area contributed by atoms with E-state index in [2.05, 4.69) is 51.1 Å². The summed E-state index contributed by atoms with van der Waals surface area (Å²) in [6.45, 7) is 9.51. The van der Waals surface area contributed by atoms with Crippen LogP contribution in [0.2, 0.25) is 0 Å². The highest BCUT2D eigenvalue weighted by Gasteiger charge is 2.26. The summed E-state index contributed by atoms with van der Waals surface area (Å²) in [7, 11) is 0. The molecule has 0 bridgehead atoms. The van der Waals surface area contributed by atoms with Gasteiger partial charge >= 0.3 is 5.97 Å². The monoisotopic (exact) mass is 517 g/mol. The lowest BCUT2D eigenvalue weighted by molar-refractivity contribution is -0.133. The van der Waals surface area contributed by atoms with Crippen molar-refractivity contribution in [1.82, 2.24) is 4.90 Å². The first-order valence-electron chi connectivity index (χ1n) is 13.9. The average molecular weight is 518 g/mol. The SMILES string of the molecule is CC(=CCCC1=CCN(CCc2ccccc2)C1=O)CCC=C(C)CCCC(C)C=C1OC(=O)C(C)=C1O. The predicted molar refractivity (Wildman–Crippen MR) is 153 cm³/mol. The summed E-state index contributed by atoms with van der Waals surface area (Å²) in [5.74, 6) is 0.219. The lowest BCUT2D eigenvalue weighted by Crippen LogP contribution is -2.29. The first-order chi connectivity index (χ1) is 18.2. The second kappa shape index (κ2) is 14.6. The molecule has 0 spiro atoms. The summed E-state index contributed by atoms with van der Waals surface area (Å²) in [4.78, 5) is 26.2. The van der Waals surface area contributed by atoms with E-state index in [1.807, 2.05) is 29.2 Å². The molecule has 1 N–H and O–H groups in total. The molecule has 1 atom stereocenters. The van der Waals surface area contributed by atoms with Crippen molar-refractivity contribution in [2.45, 2.75) is 79.1 Å². The van der Waals surface area contributed by atoms with E-state index in [-0.39, 0.29) is 23.2 Å². The van der Waals surface area contributed by atoms with Gasteiger partial charge in [0.05, 0.1) is 5.57 Å². The number of aliphatic hydroxyl groups is 1. The summed E-state index contributed by atoms with van der Waals surface area (Å²) >= 11 is 0. The lowest BCUT2D eigenvalue weighted by Gasteiger charge is -2.16. The van der Waals surface area contributed by atoms with Crippen LogP contribution in [0.25, 0.3) is 0 Å². The molecule has 0 saturated heterocycles. The van der Waals surface area contributed by atoms with Gasteiger partial charge in [-0.3, -0.25) is 4.79 Å². The molecule has 1 amide bonds. The zero-order valence-electron chi connectivity index (χ0n) is 23.5. The van der Waals surface area contributed by atoms with Crippen LogP contribution in [0.1, 0.15) is 78.2 Å². The Bertz CT molecular complexity index is 1140. The van der Waals surface area contributed by atoms with E-state index in [0.29, 0.717) is 5.76 Å². The number of esters is 1. The standard InChI is InChI=1S/C33H43NO4/c1-24(13-9-15-26(3)23-30-31(35)27(4)33(37)38-30)11-8-12-25(2)14-10-18-29-20-22-34(32(29)36)21-19-28-16-6-5-7-17-28/h5-7,11,14,16-17,20,23,26,35H,8-10,12-13,15,18-19,21-22H2,1-4H3. The predicted octanol–water partition coefficient (Wildman–Crippen LogP) is 7.53. The second-order valence-electron chi connectivity index (χ2n) is 10.7. The number of allylic oxidation sites excluding steroid dienone is 5. The third-order valence-corrected chi connectivity index (χ3v) is 7.34. The Hall–Kier alpha value is -3.34. The van der Waals surface area contributed by atoms with Crippen LogP contribution in [0, 0.1) is 5.92 Å². The molecule has 1 aromatic carbocycles. The summed E-state index contributed by atoms with van der Waals surface area (Å²) in [6, 6.07) is 10.3. The van der Waals surface area contributed by atoms with Gasteiger partial charge in [0.1, 0.15) is 0 Å². The third kappa shape index (κ3) is 8.90. The first-order valence-corrected chi connectivity index (χ1v) is 13.9. The van der Waals surface area contributed by atoms with Gasteiger partial charge in [-0.15, -0.1) is 0 Å². The molecule has 1 unspecified atom stereocenters. The number of benzene rings is 1. The maximum Gasteiger partial charge on any atom is 0.343 e. The topological polar surface area (TPSA) is 66.8 Å². The first kappa shape index (κ1) is 29.2. The van der Waals surface area contributed by atoms with Crippen LogP contribution in [-0.4, -0.2) is 35.0 Å². The number of ether oxygens (including phenoxy) is 1. The molecule has 0 saturated carbocycles. The van der Waals surface area contributed by atoms with Crippen LogP contribution >= 0.6 is 0 Å². The highest BCUT2D eigenvalue weighted by atomic mass is 16.6. The number of hydrogen-bond donors (Lipinski definition) is 1. The van der Waals surface area contributed by atoms with Crippen molar-refractivity contribution in [1.29, 1.82) is 0 Å². The molecule has 5 nitrogen and oxygen atoms in total. The van der Waals surface area contributed by atoms with Crippen molar-refractivity contribution >= 4 is 11.9 Å².